The zero-order valence-electron chi connectivity index (χ0n) is 17.1. The first-order chi connectivity index (χ1) is 13.4. The molecule has 5 nitrogen and oxygen atoms in total. The van der Waals surface area contributed by atoms with Crippen molar-refractivity contribution >= 4 is 11.8 Å². The molecule has 1 N–H and O–H groups in total. The molecule has 0 spiro atoms. The fraction of sp³-hybridized carbons (Fsp3) is 0.391. The zero-order chi connectivity index (χ0) is 20.5. The van der Waals surface area contributed by atoms with Gasteiger partial charge in [-0.05, 0) is 57.4 Å². The predicted molar refractivity (Wildman–Crippen MR) is 111 cm³/mol. The van der Waals surface area contributed by atoms with E-state index in [0.717, 1.165) is 11.1 Å². The molecule has 2 rings (SSSR count). The molecule has 0 aromatic heterocycles. The Kier molecular flexibility index (Phi) is 8.05. The van der Waals surface area contributed by atoms with Crippen molar-refractivity contribution in [2.45, 2.75) is 46.2 Å². The van der Waals surface area contributed by atoms with E-state index in [9.17, 15) is 9.59 Å². The number of ether oxygens (including phenoxy) is 1. The summed E-state index contributed by atoms with van der Waals surface area (Å²) in [6.07, 6.45) is 0.677. The molecular weight excluding hydrogens is 352 g/mol. The molecule has 0 saturated carbocycles. The Labute approximate surface area is 167 Å². The van der Waals surface area contributed by atoms with Crippen LogP contribution in [-0.4, -0.2) is 41.9 Å². The SMILES string of the molecule is Cc1cccc(OCC(=O)N(CCc2ccccc2)[C@@H](C)C(=O)NC(C)C)c1. The molecule has 0 aliphatic carbocycles. The van der Waals surface area contributed by atoms with Gasteiger partial charge in [0.1, 0.15) is 11.8 Å². The Bertz CT molecular complexity index is 774. The Morgan fingerprint density at radius 1 is 1.04 bits per heavy atom. The van der Waals surface area contributed by atoms with Crippen LogP contribution in [0.3, 0.4) is 0 Å². The maximum absolute atomic E-state index is 12.9. The Hall–Kier alpha value is -2.82. The Morgan fingerprint density at radius 2 is 1.75 bits per heavy atom. The van der Waals surface area contributed by atoms with Gasteiger partial charge >= 0.3 is 0 Å². The summed E-state index contributed by atoms with van der Waals surface area (Å²) in [6, 6.07) is 17.0. The van der Waals surface area contributed by atoms with Gasteiger partial charge in [0.25, 0.3) is 5.91 Å². The average molecular weight is 383 g/mol. The monoisotopic (exact) mass is 382 g/mol. The number of benzene rings is 2. The summed E-state index contributed by atoms with van der Waals surface area (Å²) in [6.45, 7) is 7.89. The molecule has 0 heterocycles. The van der Waals surface area contributed by atoms with E-state index in [0.29, 0.717) is 18.7 Å². The summed E-state index contributed by atoms with van der Waals surface area (Å²) in [4.78, 5) is 27.0. The Balaban J connectivity index is 2.06. The number of hydrogen-bond acceptors (Lipinski definition) is 3. The van der Waals surface area contributed by atoms with Gasteiger partial charge in [-0.3, -0.25) is 9.59 Å². The fourth-order valence-corrected chi connectivity index (χ4v) is 2.91. The van der Waals surface area contributed by atoms with Crippen molar-refractivity contribution in [3.63, 3.8) is 0 Å². The van der Waals surface area contributed by atoms with E-state index >= 15 is 0 Å². The summed E-state index contributed by atoms with van der Waals surface area (Å²) in [5.41, 5.74) is 2.19. The van der Waals surface area contributed by atoms with Gasteiger partial charge in [-0.25, -0.2) is 0 Å². The minimum absolute atomic E-state index is 0.0181. The molecule has 2 amide bonds. The third-order valence-electron chi connectivity index (χ3n) is 4.43. The van der Waals surface area contributed by atoms with E-state index in [1.807, 2.05) is 75.4 Å². The van der Waals surface area contributed by atoms with Crippen LogP contribution in [-0.2, 0) is 16.0 Å². The van der Waals surface area contributed by atoms with Crippen LogP contribution >= 0.6 is 0 Å². The van der Waals surface area contributed by atoms with Gasteiger partial charge in [-0.15, -0.1) is 0 Å². The van der Waals surface area contributed by atoms with Gasteiger partial charge in [0, 0.05) is 12.6 Å². The predicted octanol–water partition coefficient (Wildman–Crippen LogP) is 3.36. The summed E-state index contributed by atoms with van der Waals surface area (Å²) in [5, 5.41) is 2.88. The van der Waals surface area contributed by atoms with Crippen molar-refractivity contribution < 1.29 is 14.3 Å². The van der Waals surface area contributed by atoms with Gasteiger partial charge in [0.15, 0.2) is 6.61 Å². The van der Waals surface area contributed by atoms with Crippen molar-refractivity contribution in [3.05, 3.63) is 65.7 Å². The first-order valence-electron chi connectivity index (χ1n) is 9.70. The lowest BCUT2D eigenvalue weighted by Gasteiger charge is -2.29. The third kappa shape index (κ3) is 6.72. The second-order valence-corrected chi connectivity index (χ2v) is 7.27. The summed E-state index contributed by atoms with van der Waals surface area (Å²) in [5.74, 6) is 0.284. The summed E-state index contributed by atoms with van der Waals surface area (Å²) >= 11 is 0. The van der Waals surface area contributed by atoms with E-state index in [4.69, 9.17) is 4.74 Å². The largest absolute Gasteiger partial charge is 0.484 e. The van der Waals surface area contributed by atoms with Gasteiger partial charge in [0.2, 0.25) is 5.91 Å². The third-order valence-corrected chi connectivity index (χ3v) is 4.43. The van der Waals surface area contributed by atoms with Gasteiger partial charge in [0.05, 0.1) is 0 Å². The van der Waals surface area contributed by atoms with Crippen LogP contribution in [0, 0.1) is 6.92 Å². The summed E-state index contributed by atoms with van der Waals surface area (Å²) < 4.78 is 5.67. The number of carbonyl (C=O) groups excluding carboxylic acids is 2. The molecule has 0 fully saturated rings. The number of carbonyl (C=O) groups is 2. The van der Waals surface area contributed by atoms with Crippen LogP contribution in [0.2, 0.25) is 0 Å². The first kappa shape index (κ1) is 21.5. The van der Waals surface area contributed by atoms with Crippen LogP contribution in [0.25, 0.3) is 0 Å². The fourth-order valence-electron chi connectivity index (χ4n) is 2.91. The summed E-state index contributed by atoms with van der Waals surface area (Å²) in [7, 11) is 0. The molecule has 1 atom stereocenters. The topological polar surface area (TPSA) is 58.6 Å². The smallest absolute Gasteiger partial charge is 0.261 e. The molecule has 0 bridgehead atoms. The lowest BCUT2D eigenvalue weighted by atomic mass is 10.1. The second kappa shape index (κ2) is 10.5. The molecule has 2 aromatic carbocycles. The van der Waals surface area contributed by atoms with Crippen LogP contribution in [0.1, 0.15) is 31.9 Å². The molecule has 2 aromatic rings. The second-order valence-electron chi connectivity index (χ2n) is 7.27. The first-order valence-corrected chi connectivity index (χ1v) is 9.70. The van der Waals surface area contributed by atoms with Crippen LogP contribution in [0.4, 0.5) is 0 Å². The quantitative estimate of drug-likeness (QED) is 0.723. The molecule has 28 heavy (non-hydrogen) atoms. The molecule has 0 aliphatic heterocycles. The standard InChI is InChI=1S/C23H30N2O3/c1-17(2)24-23(27)19(4)25(14-13-20-10-6-5-7-11-20)22(26)16-28-21-12-8-9-18(3)15-21/h5-12,15,17,19H,13-14,16H2,1-4H3,(H,24,27)/t19-/m0/s1. The van der Waals surface area contributed by atoms with Crippen LogP contribution in [0.15, 0.2) is 54.6 Å². The number of nitrogens with one attached hydrogen (secondary N) is 1. The van der Waals surface area contributed by atoms with Gasteiger partial charge in [-0.2, -0.15) is 0 Å². The lowest BCUT2D eigenvalue weighted by molar-refractivity contribution is -0.141. The molecule has 5 heteroatoms. The van der Waals surface area contributed by atoms with Crippen molar-refractivity contribution in [2.24, 2.45) is 0 Å². The number of aryl methyl sites for hydroxylation is 1. The molecular formula is C23H30N2O3. The number of hydrogen-bond donors (Lipinski definition) is 1. The Morgan fingerprint density at radius 3 is 2.39 bits per heavy atom. The van der Waals surface area contributed by atoms with Gasteiger partial charge < -0.3 is 15.0 Å². The van der Waals surface area contributed by atoms with E-state index < -0.39 is 6.04 Å². The highest BCUT2D eigenvalue weighted by Crippen LogP contribution is 2.13. The molecule has 150 valence electrons. The maximum atomic E-state index is 12.9. The van der Waals surface area contributed by atoms with Crippen molar-refractivity contribution in [2.75, 3.05) is 13.2 Å². The highest BCUT2D eigenvalue weighted by atomic mass is 16.5. The highest BCUT2D eigenvalue weighted by molar-refractivity contribution is 5.88. The van der Waals surface area contributed by atoms with Gasteiger partial charge in [-0.1, -0.05) is 42.5 Å². The van der Waals surface area contributed by atoms with E-state index in [1.165, 1.54) is 0 Å². The number of rotatable bonds is 9. The average Bonchev–Trinajstić information content (AvgIpc) is 2.66. The highest BCUT2D eigenvalue weighted by Gasteiger charge is 2.26. The van der Waals surface area contributed by atoms with E-state index in [1.54, 1.807) is 11.8 Å². The van der Waals surface area contributed by atoms with Crippen LogP contribution < -0.4 is 10.1 Å². The van der Waals surface area contributed by atoms with Crippen molar-refractivity contribution in [3.8, 4) is 5.75 Å². The van der Waals surface area contributed by atoms with Crippen LogP contribution in [0.5, 0.6) is 5.75 Å². The van der Waals surface area contributed by atoms with E-state index in [2.05, 4.69) is 5.32 Å². The van der Waals surface area contributed by atoms with Crippen molar-refractivity contribution in [1.82, 2.24) is 10.2 Å². The number of amides is 2. The van der Waals surface area contributed by atoms with Crippen molar-refractivity contribution in [1.29, 1.82) is 0 Å². The zero-order valence-corrected chi connectivity index (χ0v) is 17.1. The molecule has 0 saturated heterocycles. The molecule has 0 unspecified atom stereocenters. The molecule has 0 aliphatic rings. The van der Waals surface area contributed by atoms with E-state index in [-0.39, 0.29) is 24.5 Å². The lowest BCUT2D eigenvalue weighted by Crippen LogP contribution is -2.51. The molecule has 0 radical (unpaired) electrons. The number of nitrogens with zero attached hydrogens (tertiary/aromatic N) is 1. The minimum Gasteiger partial charge on any atom is -0.484 e. The minimum atomic E-state index is -0.570. The maximum Gasteiger partial charge on any atom is 0.261 e. The normalized spacial score (nSPS) is 11.8.